The van der Waals surface area contributed by atoms with E-state index in [0.29, 0.717) is 28.3 Å². The second-order valence-electron chi connectivity index (χ2n) is 5.50. The highest BCUT2D eigenvalue weighted by molar-refractivity contribution is 6.04. The van der Waals surface area contributed by atoms with E-state index in [1.54, 1.807) is 12.1 Å². The number of benzene rings is 2. The third-order valence-corrected chi connectivity index (χ3v) is 3.75. The number of anilines is 1. The topological polar surface area (TPSA) is 73.9 Å². The van der Waals surface area contributed by atoms with Crippen molar-refractivity contribution in [2.45, 2.75) is 13.3 Å². The number of amides is 1. The Morgan fingerprint density at radius 2 is 1.92 bits per heavy atom. The number of ketones is 1. The van der Waals surface area contributed by atoms with Crippen LogP contribution in [0.1, 0.15) is 22.8 Å². The second-order valence-corrected chi connectivity index (χ2v) is 5.50. The molecule has 0 fully saturated rings. The summed E-state index contributed by atoms with van der Waals surface area (Å²) in [5, 5.41) is 2.67. The summed E-state index contributed by atoms with van der Waals surface area (Å²) in [6.07, 6.45) is -0.0489. The molecule has 2 aromatic rings. The zero-order valence-corrected chi connectivity index (χ0v) is 13.7. The van der Waals surface area contributed by atoms with Gasteiger partial charge in [0.05, 0.1) is 19.2 Å². The molecule has 0 aromatic heterocycles. The van der Waals surface area contributed by atoms with Gasteiger partial charge in [0.15, 0.2) is 28.8 Å². The average Bonchev–Trinajstić information content (AvgIpc) is 3.01. The Labute approximate surface area is 143 Å². The molecule has 1 aliphatic heterocycles. The molecule has 0 unspecified atom stereocenters. The second kappa shape index (κ2) is 6.80. The zero-order valence-electron chi connectivity index (χ0n) is 13.7. The molecule has 1 N–H and O–H groups in total. The van der Waals surface area contributed by atoms with Gasteiger partial charge in [0.2, 0.25) is 12.7 Å². The van der Waals surface area contributed by atoms with E-state index in [-0.39, 0.29) is 30.7 Å². The minimum Gasteiger partial charge on any atom is -0.494 e. The third-order valence-electron chi connectivity index (χ3n) is 3.75. The molecule has 0 aliphatic carbocycles. The Balaban J connectivity index is 1.79. The summed E-state index contributed by atoms with van der Waals surface area (Å²) < 4.78 is 29.1. The summed E-state index contributed by atoms with van der Waals surface area (Å²) in [6.45, 7) is 1.46. The molecule has 0 atom stereocenters. The van der Waals surface area contributed by atoms with Gasteiger partial charge in [-0.05, 0) is 30.7 Å². The van der Waals surface area contributed by atoms with E-state index in [4.69, 9.17) is 14.2 Å². The molecule has 7 heteroatoms. The van der Waals surface area contributed by atoms with Crippen LogP contribution in [0.4, 0.5) is 10.1 Å². The number of methoxy groups -OCH3 is 1. The van der Waals surface area contributed by atoms with E-state index in [1.165, 1.54) is 32.2 Å². The largest absolute Gasteiger partial charge is 0.494 e. The minimum atomic E-state index is -0.541. The van der Waals surface area contributed by atoms with Crippen LogP contribution in [0.3, 0.4) is 0 Å². The summed E-state index contributed by atoms with van der Waals surface area (Å²) in [5.41, 5.74) is 1.13. The number of rotatable bonds is 5. The van der Waals surface area contributed by atoms with Crippen molar-refractivity contribution in [1.82, 2.24) is 0 Å². The molecule has 6 nitrogen and oxygen atoms in total. The fraction of sp³-hybridized carbons (Fsp3) is 0.222. The van der Waals surface area contributed by atoms with Crippen molar-refractivity contribution in [2.75, 3.05) is 19.2 Å². The van der Waals surface area contributed by atoms with Crippen molar-refractivity contribution in [1.29, 1.82) is 0 Å². The lowest BCUT2D eigenvalue weighted by molar-refractivity contribution is -0.115. The molecule has 2 aromatic carbocycles. The number of carbonyl (C=O) groups is 2. The predicted molar refractivity (Wildman–Crippen MR) is 87.9 cm³/mol. The Kier molecular flexibility index (Phi) is 4.56. The lowest BCUT2D eigenvalue weighted by Crippen LogP contribution is -2.16. The Hall–Kier alpha value is -3.09. The van der Waals surface area contributed by atoms with E-state index >= 15 is 0 Å². The molecule has 3 rings (SSSR count). The SMILES string of the molecule is COc1ccc(CC(=O)Nc2cc3c(cc2C(C)=O)OCO3)cc1F. The van der Waals surface area contributed by atoms with Crippen LogP contribution in [-0.4, -0.2) is 25.6 Å². The third kappa shape index (κ3) is 3.55. The average molecular weight is 345 g/mol. The molecule has 1 aliphatic rings. The number of halogens is 1. The van der Waals surface area contributed by atoms with Gasteiger partial charge < -0.3 is 19.5 Å². The van der Waals surface area contributed by atoms with Crippen LogP contribution in [0.15, 0.2) is 30.3 Å². The van der Waals surface area contributed by atoms with Crippen molar-refractivity contribution in [3.05, 3.63) is 47.3 Å². The highest BCUT2D eigenvalue weighted by Gasteiger charge is 2.20. The molecule has 25 heavy (non-hydrogen) atoms. The van der Waals surface area contributed by atoms with Crippen LogP contribution in [0.5, 0.6) is 17.2 Å². The number of nitrogens with one attached hydrogen (secondary N) is 1. The summed E-state index contributed by atoms with van der Waals surface area (Å²) in [5.74, 6) is -0.120. The van der Waals surface area contributed by atoms with Crippen molar-refractivity contribution in [2.24, 2.45) is 0 Å². The molecule has 1 amide bonds. The van der Waals surface area contributed by atoms with Crippen molar-refractivity contribution >= 4 is 17.4 Å². The molecular formula is C18H16FNO5. The maximum absolute atomic E-state index is 13.7. The van der Waals surface area contributed by atoms with E-state index in [0.717, 1.165) is 0 Å². The van der Waals surface area contributed by atoms with Gasteiger partial charge in [-0.25, -0.2) is 4.39 Å². The molecular weight excluding hydrogens is 329 g/mol. The van der Waals surface area contributed by atoms with Crippen LogP contribution in [0.2, 0.25) is 0 Å². The van der Waals surface area contributed by atoms with Gasteiger partial charge in [0.25, 0.3) is 0 Å². The first-order chi connectivity index (χ1) is 12.0. The van der Waals surface area contributed by atoms with Gasteiger partial charge in [0.1, 0.15) is 0 Å². The first-order valence-electron chi connectivity index (χ1n) is 7.55. The van der Waals surface area contributed by atoms with E-state index in [1.807, 2.05) is 0 Å². The lowest BCUT2D eigenvalue weighted by atomic mass is 10.1. The fourth-order valence-electron chi connectivity index (χ4n) is 2.54. The first kappa shape index (κ1) is 16.8. The lowest BCUT2D eigenvalue weighted by Gasteiger charge is -2.11. The highest BCUT2D eigenvalue weighted by Crippen LogP contribution is 2.37. The molecule has 0 radical (unpaired) electrons. The Bertz CT molecular complexity index is 850. The van der Waals surface area contributed by atoms with Gasteiger partial charge in [-0.15, -0.1) is 0 Å². The van der Waals surface area contributed by atoms with E-state index in [2.05, 4.69) is 5.32 Å². The number of hydrogen-bond donors (Lipinski definition) is 1. The molecule has 0 saturated carbocycles. The first-order valence-corrected chi connectivity index (χ1v) is 7.55. The van der Waals surface area contributed by atoms with E-state index in [9.17, 15) is 14.0 Å². The van der Waals surface area contributed by atoms with Gasteiger partial charge in [-0.2, -0.15) is 0 Å². The van der Waals surface area contributed by atoms with Crippen molar-refractivity contribution in [3.8, 4) is 17.2 Å². The molecule has 1 heterocycles. The molecule has 0 spiro atoms. The number of hydrogen-bond acceptors (Lipinski definition) is 5. The number of fused-ring (bicyclic) bond motifs is 1. The number of Topliss-reactive ketones (excluding diaryl/α,β-unsaturated/α-hetero) is 1. The number of ether oxygens (including phenoxy) is 3. The minimum absolute atomic E-state index is 0.0489. The summed E-state index contributed by atoms with van der Waals surface area (Å²) in [7, 11) is 1.37. The highest BCUT2D eigenvalue weighted by atomic mass is 19.1. The maximum atomic E-state index is 13.7. The van der Waals surface area contributed by atoms with Crippen LogP contribution in [0, 0.1) is 5.82 Å². The summed E-state index contributed by atoms with van der Waals surface area (Å²) in [4.78, 5) is 24.1. The molecule has 0 saturated heterocycles. The van der Waals surface area contributed by atoms with Crippen molar-refractivity contribution in [3.63, 3.8) is 0 Å². The summed E-state index contributed by atoms with van der Waals surface area (Å²) >= 11 is 0. The molecule has 0 bridgehead atoms. The van der Waals surface area contributed by atoms with Gasteiger partial charge >= 0.3 is 0 Å². The van der Waals surface area contributed by atoms with Crippen LogP contribution in [0.25, 0.3) is 0 Å². The summed E-state index contributed by atoms with van der Waals surface area (Å²) in [6, 6.07) is 7.38. The smallest absolute Gasteiger partial charge is 0.231 e. The Morgan fingerprint density at radius 3 is 2.56 bits per heavy atom. The van der Waals surface area contributed by atoms with E-state index < -0.39 is 5.82 Å². The zero-order chi connectivity index (χ0) is 18.0. The van der Waals surface area contributed by atoms with Gasteiger partial charge in [0, 0.05) is 11.6 Å². The van der Waals surface area contributed by atoms with Crippen molar-refractivity contribution < 1.29 is 28.2 Å². The van der Waals surface area contributed by atoms with Crippen LogP contribution in [-0.2, 0) is 11.2 Å². The van der Waals surface area contributed by atoms with Gasteiger partial charge in [-0.3, -0.25) is 9.59 Å². The molecule has 130 valence electrons. The number of carbonyl (C=O) groups excluding carboxylic acids is 2. The van der Waals surface area contributed by atoms with Crippen LogP contribution >= 0.6 is 0 Å². The van der Waals surface area contributed by atoms with Gasteiger partial charge in [-0.1, -0.05) is 6.07 Å². The quantitative estimate of drug-likeness (QED) is 0.844. The maximum Gasteiger partial charge on any atom is 0.231 e. The predicted octanol–water partition coefficient (Wildman–Crippen LogP) is 2.95. The normalized spacial score (nSPS) is 12.0. The Morgan fingerprint density at radius 1 is 1.20 bits per heavy atom. The fourth-order valence-corrected chi connectivity index (χ4v) is 2.54. The van der Waals surface area contributed by atoms with Crippen LogP contribution < -0.4 is 19.5 Å². The monoisotopic (exact) mass is 345 g/mol. The standard InChI is InChI=1S/C18H16FNO5/c1-10(21)12-7-16-17(25-9-24-16)8-14(12)20-18(22)6-11-3-4-15(23-2)13(19)5-11/h3-5,7-8H,6,9H2,1-2H3,(H,20,22).